The lowest BCUT2D eigenvalue weighted by Crippen LogP contribution is -2.38. The van der Waals surface area contributed by atoms with Gasteiger partial charge in [-0.05, 0) is 12.1 Å². The van der Waals surface area contributed by atoms with Gasteiger partial charge in [-0.2, -0.15) is 0 Å². The standard InChI is InChI=1S/C10H8Cl2FNO2/c11-6-2-7(12)8(13)1-5(6)9-3-14-10(15)4-16-9/h1-2,9H,3-4H2,(H,14,15). The molecule has 1 amide bonds. The van der Waals surface area contributed by atoms with Crippen LogP contribution in [0.15, 0.2) is 12.1 Å². The number of amides is 1. The molecule has 0 spiro atoms. The lowest BCUT2D eigenvalue weighted by molar-refractivity contribution is -0.133. The first-order valence-corrected chi connectivity index (χ1v) is 5.36. The molecule has 0 radical (unpaired) electrons. The van der Waals surface area contributed by atoms with E-state index in [4.69, 9.17) is 27.9 Å². The van der Waals surface area contributed by atoms with E-state index in [0.29, 0.717) is 10.6 Å². The highest BCUT2D eigenvalue weighted by molar-refractivity contribution is 6.35. The van der Waals surface area contributed by atoms with Gasteiger partial charge < -0.3 is 10.1 Å². The van der Waals surface area contributed by atoms with Crippen LogP contribution < -0.4 is 5.32 Å². The molecule has 3 nitrogen and oxygen atoms in total. The van der Waals surface area contributed by atoms with Crippen molar-refractivity contribution >= 4 is 29.1 Å². The maximum Gasteiger partial charge on any atom is 0.246 e. The summed E-state index contributed by atoms with van der Waals surface area (Å²) < 4.78 is 18.5. The third kappa shape index (κ3) is 2.29. The van der Waals surface area contributed by atoms with Crippen LogP contribution in [0.4, 0.5) is 4.39 Å². The fourth-order valence-corrected chi connectivity index (χ4v) is 1.98. The van der Waals surface area contributed by atoms with Crippen LogP contribution >= 0.6 is 23.2 Å². The SMILES string of the molecule is O=C1COC(c2cc(F)c(Cl)cc2Cl)CN1. The van der Waals surface area contributed by atoms with Crippen molar-refractivity contribution in [1.29, 1.82) is 0 Å². The number of ether oxygens (including phenoxy) is 1. The van der Waals surface area contributed by atoms with E-state index in [0.717, 1.165) is 0 Å². The van der Waals surface area contributed by atoms with Gasteiger partial charge in [0.2, 0.25) is 5.91 Å². The smallest absolute Gasteiger partial charge is 0.246 e. The zero-order chi connectivity index (χ0) is 11.7. The van der Waals surface area contributed by atoms with Crippen LogP contribution in [0, 0.1) is 5.82 Å². The van der Waals surface area contributed by atoms with E-state index >= 15 is 0 Å². The summed E-state index contributed by atoms with van der Waals surface area (Å²) in [6.45, 7) is 0.227. The summed E-state index contributed by atoms with van der Waals surface area (Å²) in [7, 11) is 0. The molecular formula is C10H8Cl2FNO2. The Hall–Kier alpha value is -0.840. The Balaban J connectivity index is 2.26. The maximum atomic E-state index is 13.3. The highest BCUT2D eigenvalue weighted by atomic mass is 35.5. The van der Waals surface area contributed by atoms with E-state index in [9.17, 15) is 9.18 Å². The Bertz CT molecular complexity index is 429. The summed E-state index contributed by atoms with van der Waals surface area (Å²) in [4.78, 5) is 10.9. The Labute approximate surface area is 101 Å². The molecule has 2 rings (SSSR count). The third-order valence-electron chi connectivity index (χ3n) is 2.29. The van der Waals surface area contributed by atoms with Crippen molar-refractivity contribution in [1.82, 2.24) is 5.32 Å². The molecule has 1 heterocycles. The monoisotopic (exact) mass is 263 g/mol. The van der Waals surface area contributed by atoms with Gasteiger partial charge in [-0.15, -0.1) is 0 Å². The van der Waals surface area contributed by atoms with Crippen LogP contribution in [-0.4, -0.2) is 19.1 Å². The number of rotatable bonds is 1. The quantitative estimate of drug-likeness (QED) is 0.790. The second kappa shape index (κ2) is 4.57. The van der Waals surface area contributed by atoms with Gasteiger partial charge in [0.1, 0.15) is 18.5 Å². The fourth-order valence-electron chi connectivity index (χ4n) is 1.48. The molecule has 1 aromatic rings. The summed E-state index contributed by atoms with van der Waals surface area (Å²) >= 11 is 11.5. The highest BCUT2D eigenvalue weighted by Gasteiger charge is 2.23. The molecule has 16 heavy (non-hydrogen) atoms. The van der Waals surface area contributed by atoms with Crippen molar-refractivity contribution in [3.8, 4) is 0 Å². The number of carbonyl (C=O) groups excluding carboxylic acids is 1. The first kappa shape index (κ1) is 11.6. The molecular weight excluding hydrogens is 256 g/mol. The van der Waals surface area contributed by atoms with Crippen molar-refractivity contribution in [3.05, 3.63) is 33.6 Å². The van der Waals surface area contributed by atoms with E-state index in [1.54, 1.807) is 0 Å². The minimum Gasteiger partial charge on any atom is -0.362 e. The minimum atomic E-state index is -0.554. The number of halogens is 3. The molecule has 86 valence electrons. The molecule has 1 fully saturated rings. The Morgan fingerprint density at radius 3 is 2.75 bits per heavy atom. The van der Waals surface area contributed by atoms with Gasteiger partial charge in [-0.25, -0.2) is 4.39 Å². The summed E-state index contributed by atoms with van der Waals surface area (Å²) in [6, 6.07) is 2.56. The van der Waals surface area contributed by atoms with Gasteiger partial charge in [-0.3, -0.25) is 4.79 Å². The van der Waals surface area contributed by atoms with Crippen LogP contribution in [0.5, 0.6) is 0 Å². The van der Waals surface area contributed by atoms with Gasteiger partial charge in [0.15, 0.2) is 0 Å². The van der Waals surface area contributed by atoms with Gasteiger partial charge in [0.05, 0.1) is 5.02 Å². The average molecular weight is 264 g/mol. The molecule has 1 aromatic carbocycles. The van der Waals surface area contributed by atoms with Crippen LogP contribution in [0.3, 0.4) is 0 Å². The summed E-state index contributed by atoms with van der Waals surface area (Å²) in [5.74, 6) is -0.747. The fraction of sp³-hybridized carbons (Fsp3) is 0.300. The number of morpholine rings is 1. The van der Waals surface area contributed by atoms with E-state index in [-0.39, 0.29) is 24.1 Å². The Morgan fingerprint density at radius 2 is 2.12 bits per heavy atom. The van der Waals surface area contributed by atoms with Crippen molar-refractivity contribution in [2.45, 2.75) is 6.10 Å². The van der Waals surface area contributed by atoms with Crippen LogP contribution in [0.1, 0.15) is 11.7 Å². The predicted octanol–water partition coefficient (Wildman–Crippen LogP) is 2.32. The third-order valence-corrected chi connectivity index (χ3v) is 2.90. The van der Waals surface area contributed by atoms with Crippen molar-refractivity contribution in [3.63, 3.8) is 0 Å². The zero-order valence-electron chi connectivity index (χ0n) is 8.10. The first-order valence-electron chi connectivity index (χ1n) is 4.60. The number of hydrogen-bond donors (Lipinski definition) is 1. The normalized spacial score (nSPS) is 20.7. The molecule has 0 aliphatic carbocycles. The molecule has 6 heteroatoms. The molecule has 1 atom stereocenters. The van der Waals surface area contributed by atoms with Gasteiger partial charge in [-0.1, -0.05) is 23.2 Å². The minimum absolute atomic E-state index is 0.0337. The molecule has 1 saturated heterocycles. The summed E-state index contributed by atoms with van der Waals surface area (Å²) in [5.41, 5.74) is 0.489. The van der Waals surface area contributed by atoms with Crippen molar-refractivity contribution < 1.29 is 13.9 Å². The first-order chi connectivity index (χ1) is 7.58. The molecule has 0 bridgehead atoms. The molecule has 1 unspecified atom stereocenters. The van der Waals surface area contributed by atoms with Crippen LogP contribution in [0.25, 0.3) is 0 Å². The van der Waals surface area contributed by atoms with Gasteiger partial charge >= 0.3 is 0 Å². The predicted molar refractivity (Wildman–Crippen MR) is 58.1 cm³/mol. The number of nitrogens with one attached hydrogen (secondary N) is 1. The molecule has 1 N–H and O–H groups in total. The van der Waals surface area contributed by atoms with Crippen LogP contribution in [-0.2, 0) is 9.53 Å². The summed E-state index contributed by atoms with van der Waals surface area (Å²) in [5, 5.41) is 2.91. The van der Waals surface area contributed by atoms with E-state index in [2.05, 4.69) is 5.32 Å². The van der Waals surface area contributed by atoms with E-state index in [1.165, 1.54) is 12.1 Å². The van der Waals surface area contributed by atoms with E-state index in [1.807, 2.05) is 0 Å². The lowest BCUT2D eigenvalue weighted by atomic mass is 10.1. The van der Waals surface area contributed by atoms with Gasteiger partial charge in [0.25, 0.3) is 0 Å². The summed E-state index contributed by atoms with van der Waals surface area (Å²) in [6.07, 6.45) is -0.433. The second-order valence-electron chi connectivity index (χ2n) is 3.39. The molecule has 1 aliphatic heterocycles. The molecule has 0 aromatic heterocycles. The molecule has 0 saturated carbocycles. The van der Waals surface area contributed by atoms with Gasteiger partial charge in [0, 0.05) is 17.1 Å². The topological polar surface area (TPSA) is 38.3 Å². The van der Waals surface area contributed by atoms with Crippen LogP contribution in [0.2, 0.25) is 10.0 Å². The van der Waals surface area contributed by atoms with Crippen molar-refractivity contribution in [2.24, 2.45) is 0 Å². The Morgan fingerprint density at radius 1 is 1.38 bits per heavy atom. The number of hydrogen-bond acceptors (Lipinski definition) is 2. The van der Waals surface area contributed by atoms with Crippen molar-refractivity contribution in [2.75, 3.05) is 13.2 Å². The largest absolute Gasteiger partial charge is 0.362 e. The molecule has 1 aliphatic rings. The highest BCUT2D eigenvalue weighted by Crippen LogP contribution is 2.30. The lowest BCUT2D eigenvalue weighted by Gasteiger charge is -2.24. The number of carbonyl (C=O) groups is 1. The average Bonchev–Trinajstić information content (AvgIpc) is 2.25. The zero-order valence-corrected chi connectivity index (χ0v) is 9.61. The van der Waals surface area contributed by atoms with E-state index < -0.39 is 11.9 Å². The second-order valence-corrected chi connectivity index (χ2v) is 4.21. The Kier molecular flexibility index (Phi) is 3.33. The maximum absolute atomic E-state index is 13.3. The number of benzene rings is 1.